The maximum atomic E-state index is 11.7. The molecule has 86 valence electrons. The van der Waals surface area contributed by atoms with E-state index in [-0.39, 0.29) is 11.8 Å². The largest absolute Gasteiger partial charge is 0.321 e. The lowest BCUT2D eigenvalue weighted by molar-refractivity contribution is -0.119. The Balaban J connectivity index is 2.36. The van der Waals surface area contributed by atoms with Crippen LogP contribution >= 0.6 is 0 Å². The van der Waals surface area contributed by atoms with Gasteiger partial charge in [0, 0.05) is 6.42 Å². The van der Waals surface area contributed by atoms with E-state index in [1.54, 1.807) is 0 Å². The van der Waals surface area contributed by atoms with Crippen LogP contribution in [0, 0.1) is 0 Å². The lowest BCUT2D eigenvalue weighted by atomic mass is 9.94. The Kier molecular flexibility index (Phi) is 3.39. The van der Waals surface area contributed by atoms with Gasteiger partial charge < -0.3 is 5.73 Å². The fraction of sp³-hybridized carbons (Fsp3) is 0.500. The number of carbonyl (C=O) groups is 1. The van der Waals surface area contributed by atoms with Crippen LogP contribution in [0.2, 0.25) is 0 Å². The summed E-state index contributed by atoms with van der Waals surface area (Å²) in [5.74, 6) is 0.187. The summed E-state index contributed by atoms with van der Waals surface area (Å²) in [4.78, 5) is 11.7. The van der Waals surface area contributed by atoms with E-state index in [0.717, 1.165) is 25.7 Å². The first-order chi connectivity index (χ1) is 7.72. The molecule has 0 radical (unpaired) electrons. The van der Waals surface area contributed by atoms with Gasteiger partial charge in [-0.15, -0.1) is 0 Å². The van der Waals surface area contributed by atoms with Crippen LogP contribution in [-0.2, 0) is 24.1 Å². The summed E-state index contributed by atoms with van der Waals surface area (Å²) in [5, 5.41) is 0. The van der Waals surface area contributed by atoms with Gasteiger partial charge in [0.2, 0.25) is 0 Å². The standard InChI is InChI=1S/C14H19NO/c1-2-4-10-5-3-6-11-9-14(16)13(15)8-7-12(10)11/h3,5-6,13H,2,4,7-9,15H2,1H3. The Morgan fingerprint density at radius 3 is 3.00 bits per heavy atom. The van der Waals surface area contributed by atoms with Crippen LogP contribution < -0.4 is 5.73 Å². The average molecular weight is 217 g/mol. The van der Waals surface area contributed by atoms with E-state index in [1.807, 2.05) is 0 Å². The number of aryl methyl sites for hydroxylation is 1. The molecule has 2 rings (SSSR count). The number of fused-ring (bicyclic) bond motifs is 1. The van der Waals surface area contributed by atoms with Gasteiger partial charge in [-0.1, -0.05) is 31.5 Å². The van der Waals surface area contributed by atoms with Crippen molar-refractivity contribution in [2.45, 2.75) is 45.1 Å². The highest BCUT2D eigenvalue weighted by molar-refractivity contribution is 5.86. The van der Waals surface area contributed by atoms with Crippen molar-refractivity contribution in [1.82, 2.24) is 0 Å². The molecule has 1 aliphatic rings. The molecule has 16 heavy (non-hydrogen) atoms. The SMILES string of the molecule is CCCc1cccc2c1CCC(N)C(=O)C2. The summed E-state index contributed by atoms with van der Waals surface area (Å²) in [7, 11) is 0. The zero-order valence-corrected chi connectivity index (χ0v) is 9.83. The van der Waals surface area contributed by atoms with Crippen LogP contribution in [0.4, 0.5) is 0 Å². The van der Waals surface area contributed by atoms with Gasteiger partial charge in [0.05, 0.1) is 6.04 Å². The summed E-state index contributed by atoms with van der Waals surface area (Å²) < 4.78 is 0. The zero-order chi connectivity index (χ0) is 11.5. The molecule has 0 heterocycles. The number of Topliss-reactive ketones (excluding diaryl/α,β-unsaturated/α-hetero) is 1. The Bertz CT molecular complexity index is 398. The van der Waals surface area contributed by atoms with Gasteiger partial charge in [-0.2, -0.15) is 0 Å². The minimum Gasteiger partial charge on any atom is -0.321 e. The van der Waals surface area contributed by atoms with E-state index in [2.05, 4.69) is 25.1 Å². The summed E-state index contributed by atoms with van der Waals surface area (Å²) in [6.07, 6.45) is 4.53. The van der Waals surface area contributed by atoms with Gasteiger partial charge >= 0.3 is 0 Å². The molecule has 1 aromatic carbocycles. The number of nitrogens with two attached hydrogens (primary N) is 1. The Morgan fingerprint density at radius 2 is 2.25 bits per heavy atom. The van der Waals surface area contributed by atoms with E-state index in [9.17, 15) is 4.79 Å². The lowest BCUT2D eigenvalue weighted by Crippen LogP contribution is -2.30. The smallest absolute Gasteiger partial charge is 0.153 e. The van der Waals surface area contributed by atoms with Crippen LogP contribution in [0.1, 0.15) is 36.5 Å². The normalized spacial score (nSPS) is 20.4. The minimum absolute atomic E-state index is 0.187. The molecular formula is C14H19NO. The molecule has 0 saturated heterocycles. The molecule has 0 spiro atoms. The molecule has 1 unspecified atom stereocenters. The molecular weight excluding hydrogens is 198 g/mol. The quantitative estimate of drug-likeness (QED) is 0.770. The molecule has 0 fully saturated rings. The van der Waals surface area contributed by atoms with Crippen molar-refractivity contribution in [3.63, 3.8) is 0 Å². The van der Waals surface area contributed by atoms with Gasteiger partial charge in [-0.25, -0.2) is 0 Å². The molecule has 0 amide bonds. The van der Waals surface area contributed by atoms with Crippen LogP contribution in [-0.4, -0.2) is 11.8 Å². The van der Waals surface area contributed by atoms with Crippen molar-refractivity contribution >= 4 is 5.78 Å². The molecule has 0 bridgehead atoms. The van der Waals surface area contributed by atoms with E-state index in [4.69, 9.17) is 5.73 Å². The van der Waals surface area contributed by atoms with Crippen LogP contribution in [0.3, 0.4) is 0 Å². The second kappa shape index (κ2) is 4.79. The summed E-state index contributed by atoms with van der Waals surface area (Å²) in [6, 6.07) is 6.06. The van der Waals surface area contributed by atoms with Gasteiger partial charge in [0.25, 0.3) is 0 Å². The fourth-order valence-electron chi connectivity index (χ4n) is 2.46. The molecule has 0 aliphatic heterocycles. The lowest BCUT2D eigenvalue weighted by Gasteiger charge is -2.10. The van der Waals surface area contributed by atoms with Crippen molar-refractivity contribution in [2.75, 3.05) is 0 Å². The van der Waals surface area contributed by atoms with E-state index < -0.39 is 0 Å². The first-order valence-electron chi connectivity index (χ1n) is 6.10. The van der Waals surface area contributed by atoms with Crippen molar-refractivity contribution < 1.29 is 4.79 Å². The third-order valence-corrected chi connectivity index (χ3v) is 3.37. The van der Waals surface area contributed by atoms with E-state index in [1.165, 1.54) is 16.7 Å². The molecule has 0 aromatic heterocycles. The first-order valence-corrected chi connectivity index (χ1v) is 6.10. The summed E-state index contributed by atoms with van der Waals surface area (Å²) >= 11 is 0. The van der Waals surface area contributed by atoms with Crippen molar-refractivity contribution in [3.8, 4) is 0 Å². The second-order valence-electron chi connectivity index (χ2n) is 4.59. The Morgan fingerprint density at radius 1 is 1.44 bits per heavy atom. The molecule has 2 nitrogen and oxygen atoms in total. The van der Waals surface area contributed by atoms with E-state index in [0.29, 0.717) is 6.42 Å². The van der Waals surface area contributed by atoms with Crippen LogP contribution in [0.15, 0.2) is 18.2 Å². The predicted molar refractivity (Wildman–Crippen MR) is 65.4 cm³/mol. The molecule has 0 saturated carbocycles. The number of ketones is 1. The highest BCUT2D eigenvalue weighted by atomic mass is 16.1. The monoisotopic (exact) mass is 217 g/mol. The highest BCUT2D eigenvalue weighted by Gasteiger charge is 2.21. The summed E-state index contributed by atoms with van der Waals surface area (Å²) in [5.41, 5.74) is 9.81. The minimum atomic E-state index is -0.262. The summed E-state index contributed by atoms with van der Waals surface area (Å²) in [6.45, 7) is 2.19. The van der Waals surface area contributed by atoms with Crippen molar-refractivity contribution in [2.24, 2.45) is 5.73 Å². The van der Waals surface area contributed by atoms with Crippen LogP contribution in [0.25, 0.3) is 0 Å². The number of hydrogen-bond donors (Lipinski definition) is 1. The third kappa shape index (κ3) is 2.17. The molecule has 1 atom stereocenters. The topological polar surface area (TPSA) is 43.1 Å². The second-order valence-corrected chi connectivity index (χ2v) is 4.59. The number of carbonyl (C=O) groups excluding carboxylic acids is 1. The Hall–Kier alpha value is -1.15. The number of hydrogen-bond acceptors (Lipinski definition) is 2. The maximum absolute atomic E-state index is 11.7. The van der Waals surface area contributed by atoms with Crippen molar-refractivity contribution in [1.29, 1.82) is 0 Å². The molecule has 1 aromatic rings. The predicted octanol–water partition coefficient (Wildman–Crippen LogP) is 2.02. The zero-order valence-electron chi connectivity index (χ0n) is 9.83. The van der Waals surface area contributed by atoms with Crippen LogP contribution in [0.5, 0.6) is 0 Å². The third-order valence-electron chi connectivity index (χ3n) is 3.37. The molecule has 2 N–H and O–H groups in total. The number of rotatable bonds is 2. The van der Waals surface area contributed by atoms with Gasteiger partial charge in [-0.3, -0.25) is 4.79 Å². The molecule has 1 aliphatic carbocycles. The van der Waals surface area contributed by atoms with Gasteiger partial charge in [0.15, 0.2) is 5.78 Å². The Labute approximate surface area is 96.8 Å². The first kappa shape index (κ1) is 11.3. The highest BCUT2D eigenvalue weighted by Crippen LogP contribution is 2.23. The van der Waals surface area contributed by atoms with E-state index >= 15 is 0 Å². The number of benzene rings is 1. The fourth-order valence-corrected chi connectivity index (χ4v) is 2.46. The van der Waals surface area contributed by atoms with Gasteiger partial charge in [-0.05, 0) is 36.0 Å². The maximum Gasteiger partial charge on any atom is 0.153 e. The van der Waals surface area contributed by atoms with Gasteiger partial charge in [0.1, 0.15) is 0 Å². The molecule has 2 heteroatoms. The van der Waals surface area contributed by atoms with Crippen molar-refractivity contribution in [3.05, 3.63) is 34.9 Å². The average Bonchev–Trinajstić information content (AvgIpc) is 2.41.